The van der Waals surface area contributed by atoms with Crippen molar-refractivity contribution in [3.8, 4) is 5.75 Å². The molecule has 16 heavy (non-hydrogen) atoms. The molecule has 0 saturated heterocycles. The van der Waals surface area contributed by atoms with E-state index in [1.807, 2.05) is 19.2 Å². The van der Waals surface area contributed by atoms with Crippen molar-refractivity contribution in [1.82, 2.24) is 5.32 Å². The normalized spacial score (nSPS) is 11.5. The van der Waals surface area contributed by atoms with Crippen LogP contribution in [0.15, 0.2) is 24.3 Å². The Morgan fingerprint density at radius 1 is 1.12 bits per heavy atom. The Hall–Kier alpha value is -1.02. The highest BCUT2D eigenvalue weighted by Crippen LogP contribution is 2.19. The van der Waals surface area contributed by atoms with Gasteiger partial charge in [-0.1, -0.05) is 32.9 Å². The van der Waals surface area contributed by atoms with E-state index in [0.717, 1.165) is 25.3 Å². The van der Waals surface area contributed by atoms with Crippen molar-refractivity contribution in [2.45, 2.75) is 33.7 Å². The SMILES string of the molecule is CNCc1ccc(OCCC(C)(C)C)cc1. The highest BCUT2D eigenvalue weighted by Gasteiger charge is 2.09. The molecule has 0 heterocycles. The van der Waals surface area contributed by atoms with Gasteiger partial charge in [0.15, 0.2) is 0 Å². The molecule has 0 atom stereocenters. The van der Waals surface area contributed by atoms with Crippen LogP contribution in [0.1, 0.15) is 32.8 Å². The third-order valence-corrected chi connectivity index (χ3v) is 2.43. The Balaban J connectivity index is 2.37. The van der Waals surface area contributed by atoms with Gasteiger partial charge in [-0.2, -0.15) is 0 Å². The van der Waals surface area contributed by atoms with Gasteiger partial charge in [-0.25, -0.2) is 0 Å². The smallest absolute Gasteiger partial charge is 0.119 e. The molecule has 0 radical (unpaired) electrons. The molecule has 2 heteroatoms. The third kappa shape index (κ3) is 5.17. The highest BCUT2D eigenvalue weighted by molar-refractivity contribution is 5.27. The molecule has 2 nitrogen and oxygen atoms in total. The van der Waals surface area contributed by atoms with Gasteiger partial charge in [-0.05, 0) is 36.6 Å². The summed E-state index contributed by atoms with van der Waals surface area (Å²) in [6.45, 7) is 8.38. The Kier molecular flexibility index (Phi) is 4.81. The fraction of sp³-hybridized carbons (Fsp3) is 0.571. The number of hydrogen-bond donors (Lipinski definition) is 1. The van der Waals surface area contributed by atoms with Gasteiger partial charge >= 0.3 is 0 Å². The van der Waals surface area contributed by atoms with Crippen LogP contribution >= 0.6 is 0 Å². The lowest BCUT2D eigenvalue weighted by Crippen LogP contribution is -2.11. The number of rotatable bonds is 5. The van der Waals surface area contributed by atoms with Crippen molar-refractivity contribution >= 4 is 0 Å². The fourth-order valence-electron chi connectivity index (χ4n) is 1.38. The van der Waals surface area contributed by atoms with Crippen LogP contribution in [-0.2, 0) is 6.54 Å². The molecular weight excluding hydrogens is 198 g/mol. The number of hydrogen-bond acceptors (Lipinski definition) is 2. The van der Waals surface area contributed by atoms with Crippen LogP contribution in [0.3, 0.4) is 0 Å². The summed E-state index contributed by atoms with van der Waals surface area (Å²) in [6.07, 6.45) is 1.07. The number of nitrogens with one attached hydrogen (secondary N) is 1. The maximum atomic E-state index is 5.69. The van der Waals surface area contributed by atoms with Crippen LogP contribution in [0.5, 0.6) is 5.75 Å². The maximum absolute atomic E-state index is 5.69. The first-order valence-electron chi connectivity index (χ1n) is 5.87. The zero-order valence-corrected chi connectivity index (χ0v) is 10.8. The molecule has 1 N–H and O–H groups in total. The molecule has 1 rings (SSSR count). The van der Waals surface area contributed by atoms with Crippen LogP contribution in [-0.4, -0.2) is 13.7 Å². The summed E-state index contributed by atoms with van der Waals surface area (Å²) in [5, 5.41) is 3.13. The molecule has 0 spiro atoms. The van der Waals surface area contributed by atoms with E-state index in [2.05, 4.69) is 38.2 Å². The summed E-state index contributed by atoms with van der Waals surface area (Å²) in [5.74, 6) is 0.962. The summed E-state index contributed by atoms with van der Waals surface area (Å²) in [4.78, 5) is 0. The summed E-state index contributed by atoms with van der Waals surface area (Å²) in [5.41, 5.74) is 1.62. The van der Waals surface area contributed by atoms with E-state index in [1.54, 1.807) is 0 Å². The summed E-state index contributed by atoms with van der Waals surface area (Å²) in [6, 6.07) is 8.27. The monoisotopic (exact) mass is 221 g/mol. The summed E-state index contributed by atoms with van der Waals surface area (Å²) in [7, 11) is 1.95. The summed E-state index contributed by atoms with van der Waals surface area (Å²) < 4.78 is 5.69. The first-order valence-corrected chi connectivity index (χ1v) is 5.87. The van der Waals surface area contributed by atoms with Gasteiger partial charge in [0.05, 0.1) is 6.61 Å². The van der Waals surface area contributed by atoms with Crippen LogP contribution in [0.2, 0.25) is 0 Å². The first kappa shape index (κ1) is 13.0. The second kappa shape index (κ2) is 5.90. The second-order valence-electron chi connectivity index (χ2n) is 5.33. The lowest BCUT2D eigenvalue weighted by atomic mass is 9.93. The van der Waals surface area contributed by atoms with E-state index in [0.29, 0.717) is 5.41 Å². The zero-order chi connectivity index (χ0) is 12.0. The van der Waals surface area contributed by atoms with Crippen molar-refractivity contribution < 1.29 is 4.74 Å². The van der Waals surface area contributed by atoms with Crippen LogP contribution in [0.4, 0.5) is 0 Å². The van der Waals surface area contributed by atoms with Gasteiger partial charge < -0.3 is 10.1 Å². The molecule has 0 aromatic heterocycles. The third-order valence-electron chi connectivity index (χ3n) is 2.43. The minimum absolute atomic E-state index is 0.339. The van der Waals surface area contributed by atoms with Crippen LogP contribution < -0.4 is 10.1 Å². The Labute approximate surface area is 99.0 Å². The Morgan fingerprint density at radius 3 is 2.25 bits per heavy atom. The molecule has 1 aromatic carbocycles. The minimum atomic E-state index is 0.339. The minimum Gasteiger partial charge on any atom is -0.494 e. The highest BCUT2D eigenvalue weighted by atomic mass is 16.5. The molecule has 0 amide bonds. The van der Waals surface area contributed by atoms with Gasteiger partial charge in [0.2, 0.25) is 0 Å². The number of ether oxygens (including phenoxy) is 1. The number of benzene rings is 1. The molecule has 90 valence electrons. The van der Waals surface area contributed by atoms with Gasteiger partial charge in [0, 0.05) is 6.54 Å². The molecule has 0 aliphatic rings. The van der Waals surface area contributed by atoms with E-state index in [1.165, 1.54) is 5.56 Å². The molecule has 0 aliphatic carbocycles. The standard InChI is InChI=1S/C14H23NO/c1-14(2,3)9-10-16-13-7-5-12(6-8-13)11-15-4/h5-8,15H,9-11H2,1-4H3. The molecule has 0 unspecified atom stereocenters. The van der Waals surface area contributed by atoms with Crippen molar-refractivity contribution in [3.05, 3.63) is 29.8 Å². The van der Waals surface area contributed by atoms with Crippen molar-refractivity contribution in [1.29, 1.82) is 0 Å². The van der Waals surface area contributed by atoms with Crippen LogP contribution in [0, 0.1) is 5.41 Å². The molecule has 0 aliphatic heterocycles. The van der Waals surface area contributed by atoms with Crippen LogP contribution in [0.25, 0.3) is 0 Å². The Bertz CT molecular complexity index is 298. The molecule has 0 saturated carbocycles. The molecule has 1 aromatic rings. The van der Waals surface area contributed by atoms with Crippen molar-refractivity contribution in [2.75, 3.05) is 13.7 Å². The summed E-state index contributed by atoms with van der Waals surface area (Å²) >= 11 is 0. The lowest BCUT2D eigenvalue weighted by Gasteiger charge is -2.18. The van der Waals surface area contributed by atoms with E-state index in [9.17, 15) is 0 Å². The lowest BCUT2D eigenvalue weighted by molar-refractivity contribution is 0.243. The average Bonchev–Trinajstić information content (AvgIpc) is 2.19. The largest absolute Gasteiger partial charge is 0.494 e. The van der Waals surface area contributed by atoms with Gasteiger partial charge in [0.1, 0.15) is 5.75 Å². The van der Waals surface area contributed by atoms with E-state index in [4.69, 9.17) is 4.74 Å². The molecule has 0 fully saturated rings. The van der Waals surface area contributed by atoms with E-state index < -0.39 is 0 Å². The van der Waals surface area contributed by atoms with Gasteiger partial charge in [-0.3, -0.25) is 0 Å². The van der Waals surface area contributed by atoms with Gasteiger partial charge in [-0.15, -0.1) is 0 Å². The fourth-order valence-corrected chi connectivity index (χ4v) is 1.38. The topological polar surface area (TPSA) is 21.3 Å². The first-order chi connectivity index (χ1) is 7.51. The predicted molar refractivity (Wildman–Crippen MR) is 68.8 cm³/mol. The molecule has 0 bridgehead atoms. The quantitative estimate of drug-likeness (QED) is 0.824. The van der Waals surface area contributed by atoms with E-state index >= 15 is 0 Å². The second-order valence-corrected chi connectivity index (χ2v) is 5.33. The maximum Gasteiger partial charge on any atom is 0.119 e. The average molecular weight is 221 g/mol. The van der Waals surface area contributed by atoms with Gasteiger partial charge in [0.25, 0.3) is 0 Å². The molecular formula is C14H23NO. The predicted octanol–water partition coefficient (Wildman–Crippen LogP) is 3.22. The Morgan fingerprint density at radius 2 is 1.75 bits per heavy atom. The zero-order valence-electron chi connectivity index (χ0n) is 10.8. The van der Waals surface area contributed by atoms with E-state index in [-0.39, 0.29) is 0 Å². The van der Waals surface area contributed by atoms with Crippen molar-refractivity contribution in [2.24, 2.45) is 5.41 Å². The van der Waals surface area contributed by atoms with Crippen molar-refractivity contribution in [3.63, 3.8) is 0 Å².